The van der Waals surface area contributed by atoms with Crippen LogP contribution < -0.4 is 24.9 Å². The van der Waals surface area contributed by atoms with Gasteiger partial charge in [-0.2, -0.15) is 0 Å². The van der Waals surface area contributed by atoms with Crippen LogP contribution in [0, 0.1) is 0 Å². The highest BCUT2D eigenvalue weighted by Crippen LogP contribution is 2.32. The number of allylic oxidation sites excluding steroid dienone is 1. The second-order valence-electron chi connectivity index (χ2n) is 7.93. The lowest BCUT2D eigenvalue weighted by Gasteiger charge is -2.25. The number of nitrogens with zero attached hydrogens (tertiary/aromatic N) is 3. The second kappa shape index (κ2) is 9.52. The van der Waals surface area contributed by atoms with E-state index in [-0.39, 0.29) is 11.5 Å². The number of para-hydroxylation sites is 1. The molecule has 1 aliphatic heterocycles. The third kappa shape index (κ3) is 4.43. The van der Waals surface area contributed by atoms with E-state index < -0.39 is 6.04 Å². The fraction of sp³-hybridized carbons (Fsp3) is 0.111. The fourth-order valence-electron chi connectivity index (χ4n) is 4.05. The minimum absolute atomic E-state index is 0.232. The van der Waals surface area contributed by atoms with Crippen LogP contribution in [0.3, 0.4) is 0 Å². The molecule has 4 aromatic rings. The minimum atomic E-state index is -0.670. The summed E-state index contributed by atoms with van der Waals surface area (Å²) >= 11 is 1.28. The minimum Gasteiger partial charge on any atom is -0.497 e. The molecule has 1 N–H and O–H groups in total. The van der Waals surface area contributed by atoms with Crippen LogP contribution in [0.4, 0.5) is 5.69 Å². The first-order valence-electron chi connectivity index (χ1n) is 11.0. The van der Waals surface area contributed by atoms with Gasteiger partial charge in [0.1, 0.15) is 5.75 Å². The second-order valence-corrected chi connectivity index (χ2v) is 8.94. The average Bonchev–Trinajstić information content (AvgIpc) is 3.18. The predicted octanol–water partition coefficient (Wildman–Crippen LogP) is 3.28. The number of benzene rings is 2. The average molecular weight is 483 g/mol. The third-order valence-corrected chi connectivity index (χ3v) is 6.66. The number of aromatic nitrogens is 2. The normalized spacial score (nSPS) is 15.4. The number of rotatable bonds is 5. The van der Waals surface area contributed by atoms with Gasteiger partial charge in [-0.1, -0.05) is 47.7 Å². The molecule has 0 saturated heterocycles. The summed E-state index contributed by atoms with van der Waals surface area (Å²) in [6.07, 6.45) is 3.42. The van der Waals surface area contributed by atoms with Crippen molar-refractivity contribution in [3.05, 3.63) is 121 Å². The summed E-state index contributed by atoms with van der Waals surface area (Å²) in [5.41, 5.74) is 2.81. The van der Waals surface area contributed by atoms with E-state index >= 15 is 0 Å². The molecule has 7 nitrogen and oxygen atoms in total. The Labute approximate surface area is 205 Å². The smallest absolute Gasteiger partial charge is 0.271 e. The molecule has 0 aliphatic carbocycles. The molecule has 1 aliphatic rings. The highest BCUT2D eigenvalue weighted by molar-refractivity contribution is 7.07. The number of nitrogens with one attached hydrogen (secondary N) is 1. The predicted molar refractivity (Wildman–Crippen MR) is 136 cm³/mol. The van der Waals surface area contributed by atoms with Crippen LogP contribution in [0.5, 0.6) is 5.75 Å². The van der Waals surface area contributed by atoms with Gasteiger partial charge in [-0.05, 0) is 55.0 Å². The van der Waals surface area contributed by atoms with Gasteiger partial charge in [-0.25, -0.2) is 4.99 Å². The molecule has 1 atom stereocenters. The van der Waals surface area contributed by atoms with Gasteiger partial charge >= 0.3 is 0 Å². The molecule has 1 unspecified atom stereocenters. The lowest BCUT2D eigenvalue weighted by Crippen LogP contribution is -2.40. The van der Waals surface area contributed by atoms with Gasteiger partial charge in [0.05, 0.1) is 34.6 Å². The van der Waals surface area contributed by atoms with Crippen molar-refractivity contribution >= 4 is 29.0 Å². The molecule has 2 aromatic carbocycles. The third-order valence-electron chi connectivity index (χ3n) is 5.67. The maximum Gasteiger partial charge on any atom is 0.271 e. The largest absolute Gasteiger partial charge is 0.497 e. The lowest BCUT2D eigenvalue weighted by atomic mass is 9.95. The fourth-order valence-corrected chi connectivity index (χ4v) is 5.09. The number of amides is 1. The van der Waals surface area contributed by atoms with Gasteiger partial charge in [0.15, 0.2) is 4.80 Å². The molecule has 1 amide bonds. The summed E-state index contributed by atoms with van der Waals surface area (Å²) in [5.74, 6) is 0.319. The zero-order chi connectivity index (χ0) is 24.4. The molecular formula is C27H22N4O3S. The first-order chi connectivity index (χ1) is 17.0. The van der Waals surface area contributed by atoms with Crippen molar-refractivity contribution in [2.75, 3.05) is 12.4 Å². The number of hydrogen-bond acceptors (Lipinski definition) is 6. The van der Waals surface area contributed by atoms with E-state index in [4.69, 9.17) is 4.74 Å². The molecule has 5 rings (SSSR count). The molecule has 8 heteroatoms. The number of anilines is 1. The van der Waals surface area contributed by atoms with Gasteiger partial charge in [0.2, 0.25) is 0 Å². The molecule has 2 aromatic heterocycles. The molecule has 3 heterocycles. The van der Waals surface area contributed by atoms with E-state index in [0.717, 1.165) is 5.56 Å². The molecule has 0 saturated carbocycles. The summed E-state index contributed by atoms with van der Waals surface area (Å²) in [5, 5.41) is 2.95. The van der Waals surface area contributed by atoms with Crippen LogP contribution in [-0.2, 0) is 4.79 Å². The summed E-state index contributed by atoms with van der Waals surface area (Å²) in [7, 11) is 1.58. The van der Waals surface area contributed by atoms with Crippen molar-refractivity contribution in [1.82, 2.24) is 9.55 Å². The molecular weight excluding hydrogens is 460 g/mol. The number of pyridine rings is 1. The number of carbonyl (C=O) groups is 1. The molecule has 0 fully saturated rings. The summed E-state index contributed by atoms with van der Waals surface area (Å²) in [6.45, 7) is 1.79. The van der Waals surface area contributed by atoms with E-state index in [1.54, 1.807) is 30.9 Å². The van der Waals surface area contributed by atoms with Crippen LogP contribution in [0.2, 0.25) is 0 Å². The first kappa shape index (κ1) is 22.5. The Kier molecular flexibility index (Phi) is 6.12. The van der Waals surface area contributed by atoms with Gasteiger partial charge in [-0.3, -0.25) is 19.1 Å². The number of carbonyl (C=O) groups excluding carboxylic acids is 1. The van der Waals surface area contributed by atoms with Crippen molar-refractivity contribution in [3.63, 3.8) is 0 Å². The van der Waals surface area contributed by atoms with Crippen molar-refractivity contribution in [2.24, 2.45) is 4.99 Å². The van der Waals surface area contributed by atoms with Gasteiger partial charge in [-0.15, -0.1) is 0 Å². The maximum atomic E-state index is 13.7. The SMILES string of the molecule is COc1cccc(C2C(C(=O)Nc3ccccc3)=C(C)N=c3s/c(=C\c4ccccn4)c(=O)n32)c1. The van der Waals surface area contributed by atoms with Crippen LogP contribution in [-0.4, -0.2) is 22.6 Å². The van der Waals surface area contributed by atoms with E-state index in [2.05, 4.69) is 15.3 Å². The Morgan fingerprint density at radius 3 is 2.63 bits per heavy atom. The van der Waals surface area contributed by atoms with E-state index in [0.29, 0.717) is 37.7 Å². The number of fused-ring (bicyclic) bond motifs is 1. The van der Waals surface area contributed by atoms with Gasteiger partial charge in [0, 0.05) is 11.9 Å². The van der Waals surface area contributed by atoms with Crippen molar-refractivity contribution in [3.8, 4) is 5.75 Å². The van der Waals surface area contributed by atoms with Crippen molar-refractivity contribution in [1.29, 1.82) is 0 Å². The Balaban J connectivity index is 1.69. The lowest BCUT2D eigenvalue weighted by molar-refractivity contribution is -0.113. The van der Waals surface area contributed by atoms with E-state index in [1.165, 1.54) is 11.3 Å². The maximum absolute atomic E-state index is 13.7. The van der Waals surface area contributed by atoms with Crippen molar-refractivity contribution < 1.29 is 9.53 Å². The molecule has 35 heavy (non-hydrogen) atoms. The van der Waals surface area contributed by atoms with E-state index in [1.807, 2.05) is 72.8 Å². The van der Waals surface area contributed by atoms with Gasteiger partial charge < -0.3 is 10.1 Å². The summed E-state index contributed by atoms with van der Waals surface area (Å²) in [6, 6.07) is 21.5. The highest BCUT2D eigenvalue weighted by atomic mass is 32.1. The molecule has 0 radical (unpaired) electrons. The number of methoxy groups -OCH3 is 1. The number of thiazole rings is 1. The number of ether oxygens (including phenoxy) is 1. The molecule has 0 spiro atoms. The van der Waals surface area contributed by atoms with Crippen LogP contribution >= 0.6 is 11.3 Å². The molecule has 0 bridgehead atoms. The monoisotopic (exact) mass is 482 g/mol. The van der Waals surface area contributed by atoms with Crippen LogP contribution in [0.15, 0.2) is 100 Å². The van der Waals surface area contributed by atoms with E-state index in [9.17, 15) is 9.59 Å². The first-order valence-corrected chi connectivity index (χ1v) is 11.8. The highest BCUT2D eigenvalue weighted by Gasteiger charge is 2.32. The Morgan fingerprint density at radius 1 is 1.09 bits per heavy atom. The van der Waals surface area contributed by atoms with Gasteiger partial charge in [0.25, 0.3) is 11.5 Å². The zero-order valence-corrected chi connectivity index (χ0v) is 20.0. The Bertz CT molecular complexity index is 1610. The molecule has 174 valence electrons. The Hall–Kier alpha value is -4.30. The van der Waals surface area contributed by atoms with Crippen LogP contribution in [0.25, 0.3) is 6.08 Å². The van der Waals surface area contributed by atoms with Crippen LogP contribution in [0.1, 0.15) is 24.2 Å². The standard InChI is InChI=1S/C27H22N4O3S/c1-17-23(25(32)30-19-10-4-3-5-11-19)24(18-9-8-13-21(15-18)34-2)31-26(33)22(35-27(31)29-17)16-20-12-6-7-14-28-20/h3-16,24H,1-2H3,(H,30,32)/b22-16-. The zero-order valence-electron chi connectivity index (χ0n) is 19.1. The Morgan fingerprint density at radius 2 is 1.89 bits per heavy atom. The summed E-state index contributed by atoms with van der Waals surface area (Å²) in [4.78, 5) is 36.7. The topological polar surface area (TPSA) is 85.6 Å². The number of hydrogen-bond donors (Lipinski definition) is 1. The van der Waals surface area contributed by atoms with Crippen molar-refractivity contribution in [2.45, 2.75) is 13.0 Å². The quantitative estimate of drug-likeness (QED) is 0.473. The summed E-state index contributed by atoms with van der Waals surface area (Å²) < 4.78 is 7.50.